The Morgan fingerprint density at radius 1 is 1.04 bits per heavy atom. The summed E-state index contributed by atoms with van der Waals surface area (Å²) in [5.74, 6) is 0.819. The number of rotatable bonds is 2. The van der Waals surface area contributed by atoms with Gasteiger partial charge in [-0.1, -0.05) is 11.2 Å². The normalized spacial score (nSPS) is 11.3. The second-order valence-electron chi connectivity index (χ2n) is 5.69. The van der Waals surface area contributed by atoms with Gasteiger partial charge in [-0.15, -0.1) is 0 Å². The molecule has 0 atom stereocenters. The average molecular weight is 304 g/mol. The molecule has 4 aromatic rings. The maximum absolute atomic E-state index is 5.33. The van der Waals surface area contributed by atoms with E-state index in [1.807, 2.05) is 33.0 Å². The number of hydrogen-bond donors (Lipinski definition) is 1. The summed E-state index contributed by atoms with van der Waals surface area (Å²) in [6.07, 6.45) is 3.65. The van der Waals surface area contributed by atoms with Crippen LogP contribution < -0.4 is 0 Å². The molecule has 0 aliphatic carbocycles. The molecule has 0 unspecified atom stereocenters. The molecule has 5 nitrogen and oxygen atoms in total. The maximum Gasteiger partial charge on any atom is 0.141 e. The standard InChI is InChI=1S/C18H16N4O/c1-10-15(5-4-6-19-10)16-8-13(7-14-9-20-21-18(14)16)17-11(2)22-23-12(17)3/h4-9H,1-3H3,(H,20,21). The molecule has 1 N–H and O–H groups in total. The van der Waals surface area contributed by atoms with Gasteiger partial charge in [0, 0.05) is 34.0 Å². The van der Waals surface area contributed by atoms with Crippen LogP contribution in [0.3, 0.4) is 0 Å². The molecule has 0 aliphatic rings. The van der Waals surface area contributed by atoms with Gasteiger partial charge in [0.15, 0.2) is 0 Å². The molecular weight excluding hydrogens is 288 g/mol. The fourth-order valence-corrected chi connectivity index (χ4v) is 3.08. The van der Waals surface area contributed by atoms with Gasteiger partial charge in [0.1, 0.15) is 5.76 Å². The molecule has 0 bridgehead atoms. The van der Waals surface area contributed by atoms with Crippen molar-refractivity contribution < 1.29 is 4.52 Å². The summed E-state index contributed by atoms with van der Waals surface area (Å²) in [6.45, 7) is 5.91. The van der Waals surface area contributed by atoms with Crippen LogP contribution in [-0.2, 0) is 0 Å². The van der Waals surface area contributed by atoms with E-state index in [2.05, 4.69) is 38.5 Å². The summed E-state index contributed by atoms with van der Waals surface area (Å²) in [4.78, 5) is 4.41. The van der Waals surface area contributed by atoms with Crippen molar-refractivity contribution in [2.45, 2.75) is 20.8 Å². The van der Waals surface area contributed by atoms with E-state index in [1.54, 1.807) is 6.20 Å². The van der Waals surface area contributed by atoms with E-state index in [0.29, 0.717) is 0 Å². The van der Waals surface area contributed by atoms with Crippen LogP contribution in [0.2, 0.25) is 0 Å². The zero-order valence-electron chi connectivity index (χ0n) is 13.2. The molecule has 0 aliphatic heterocycles. The second kappa shape index (κ2) is 5.05. The minimum absolute atomic E-state index is 0.819. The van der Waals surface area contributed by atoms with Gasteiger partial charge in [0.25, 0.3) is 0 Å². The number of aromatic amines is 1. The van der Waals surface area contributed by atoms with E-state index in [1.165, 1.54) is 0 Å². The van der Waals surface area contributed by atoms with Crippen LogP contribution in [-0.4, -0.2) is 20.3 Å². The lowest BCUT2D eigenvalue weighted by molar-refractivity contribution is 0.393. The third-order valence-electron chi connectivity index (χ3n) is 4.17. The van der Waals surface area contributed by atoms with Gasteiger partial charge in [0.2, 0.25) is 0 Å². The quantitative estimate of drug-likeness (QED) is 0.602. The third kappa shape index (κ3) is 2.12. The highest BCUT2D eigenvalue weighted by Gasteiger charge is 2.16. The van der Waals surface area contributed by atoms with Gasteiger partial charge in [-0.2, -0.15) is 5.10 Å². The van der Waals surface area contributed by atoms with Crippen molar-refractivity contribution >= 4 is 10.9 Å². The molecule has 23 heavy (non-hydrogen) atoms. The Kier molecular flexibility index (Phi) is 3.01. The van der Waals surface area contributed by atoms with Gasteiger partial charge in [-0.3, -0.25) is 10.1 Å². The molecule has 1 aromatic carbocycles. The molecule has 114 valence electrons. The van der Waals surface area contributed by atoms with E-state index in [0.717, 1.165) is 50.3 Å². The summed E-state index contributed by atoms with van der Waals surface area (Å²) in [5, 5.41) is 12.4. The number of aromatic nitrogens is 4. The smallest absolute Gasteiger partial charge is 0.141 e. The molecule has 5 heteroatoms. The number of fused-ring (bicyclic) bond motifs is 1. The summed E-state index contributed by atoms with van der Waals surface area (Å²) in [6, 6.07) is 8.29. The Hall–Kier alpha value is -2.95. The zero-order valence-corrected chi connectivity index (χ0v) is 13.2. The summed E-state index contributed by atoms with van der Waals surface area (Å²) >= 11 is 0. The highest BCUT2D eigenvalue weighted by molar-refractivity contribution is 5.98. The van der Waals surface area contributed by atoms with Crippen LogP contribution >= 0.6 is 0 Å². The van der Waals surface area contributed by atoms with E-state index in [9.17, 15) is 0 Å². The SMILES string of the molecule is Cc1ncccc1-c1cc(-c2c(C)noc2C)cc2cn[nH]c12. The molecule has 0 spiro atoms. The van der Waals surface area contributed by atoms with E-state index < -0.39 is 0 Å². The molecule has 0 saturated carbocycles. The largest absolute Gasteiger partial charge is 0.361 e. The Morgan fingerprint density at radius 2 is 1.91 bits per heavy atom. The Labute approximate surface area is 133 Å². The number of benzene rings is 1. The summed E-state index contributed by atoms with van der Waals surface area (Å²) in [5.41, 5.74) is 7.18. The predicted molar refractivity (Wildman–Crippen MR) is 89.0 cm³/mol. The number of hydrogen-bond acceptors (Lipinski definition) is 4. The molecular formula is C18H16N4O. The number of pyridine rings is 1. The van der Waals surface area contributed by atoms with Gasteiger partial charge >= 0.3 is 0 Å². The van der Waals surface area contributed by atoms with Crippen molar-refractivity contribution in [2.75, 3.05) is 0 Å². The van der Waals surface area contributed by atoms with Crippen LogP contribution in [0.1, 0.15) is 17.1 Å². The number of nitrogens with zero attached hydrogens (tertiary/aromatic N) is 3. The first-order chi connectivity index (χ1) is 11.1. The zero-order chi connectivity index (χ0) is 16.0. The van der Waals surface area contributed by atoms with Crippen molar-refractivity contribution in [1.29, 1.82) is 0 Å². The van der Waals surface area contributed by atoms with Gasteiger partial charge in [-0.05, 0) is 44.5 Å². The topological polar surface area (TPSA) is 67.6 Å². The monoisotopic (exact) mass is 304 g/mol. The van der Waals surface area contributed by atoms with E-state index in [4.69, 9.17) is 4.52 Å². The van der Waals surface area contributed by atoms with E-state index in [-0.39, 0.29) is 0 Å². The highest BCUT2D eigenvalue weighted by atomic mass is 16.5. The fourth-order valence-electron chi connectivity index (χ4n) is 3.08. The molecule has 0 amide bonds. The first-order valence-corrected chi connectivity index (χ1v) is 7.47. The van der Waals surface area contributed by atoms with Crippen molar-refractivity contribution in [3.63, 3.8) is 0 Å². The third-order valence-corrected chi connectivity index (χ3v) is 4.17. The fraction of sp³-hybridized carbons (Fsp3) is 0.167. The summed E-state index contributed by atoms with van der Waals surface area (Å²) < 4.78 is 5.33. The van der Waals surface area contributed by atoms with Crippen molar-refractivity contribution in [3.8, 4) is 22.3 Å². The molecule has 0 radical (unpaired) electrons. The Bertz CT molecular complexity index is 993. The van der Waals surface area contributed by atoms with Crippen LogP contribution in [0.15, 0.2) is 41.2 Å². The van der Waals surface area contributed by atoms with Crippen molar-refractivity contribution in [2.24, 2.45) is 0 Å². The lowest BCUT2D eigenvalue weighted by Gasteiger charge is -2.09. The van der Waals surface area contributed by atoms with Gasteiger partial charge in [0.05, 0.1) is 17.4 Å². The van der Waals surface area contributed by atoms with Crippen molar-refractivity contribution in [1.82, 2.24) is 20.3 Å². The van der Waals surface area contributed by atoms with Crippen molar-refractivity contribution in [3.05, 3.63) is 53.8 Å². The van der Waals surface area contributed by atoms with Crippen LogP contribution in [0.5, 0.6) is 0 Å². The van der Waals surface area contributed by atoms with Crippen LogP contribution in [0.25, 0.3) is 33.2 Å². The highest BCUT2D eigenvalue weighted by Crippen LogP contribution is 2.36. The minimum atomic E-state index is 0.819. The predicted octanol–water partition coefficient (Wildman–Crippen LogP) is 4.21. The number of nitrogens with one attached hydrogen (secondary N) is 1. The molecule has 0 fully saturated rings. The van der Waals surface area contributed by atoms with Gasteiger partial charge < -0.3 is 4.52 Å². The molecule has 0 saturated heterocycles. The maximum atomic E-state index is 5.33. The molecule has 4 rings (SSSR count). The Morgan fingerprint density at radius 3 is 2.65 bits per heavy atom. The molecule has 3 heterocycles. The second-order valence-corrected chi connectivity index (χ2v) is 5.69. The van der Waals surface area contributed by atoms with Gasteiger partial charge in [-0.25, -0.2) is 0 Å². The van der Waals surface area contributed by atoms with Crippen LogP contribution in [0, 0.1) is 20.8 Å². The lowest BCUT2D eigenvalue weighted by Crippen LogP contribution is -1.90. The number of H-pyrrole nitrogens is 1. The first-order valence-electron chi connectivity index (χ1n) is 7.47. The summed E-state index contributed by atoms with van der Waals surface area (Å²) in [7, 11) is 0. The minimum Gasteiger partial charge on any atom is -0.361 e. The first kappa shape index (κ1) is 13.7. The molecule has 3 aromatic heterocycles. The van der Waals surface area contributed by atoms with Crippen LogP contribution in [0.4, 0.5) is 0 Å². The number of aryl methyl sites for hydroxylation is 3. The average Bonchev–Trinajstić information content (AvgIpc) is 3.13. The Balaban J connectivity index is 2.05. The lowest BCUT2D eigenvalue weighted by atomic mass is 9.95. The van der Waals surface area contributed by atoms with E-state index >= 15 is 0 Å².